The van der Waals surface area contributed by atoms with E-state index in [9.17, 15) is 0 Å². The molecule has 94 valence electrons. The largest absolute Gasteiger partial charge is 0.301 e. The molecule has 2 saturated heterocycles. The van der Waals surface area contributed by atoms with Crippen LogP contribution in [0.25, 0.3) is 0 Å². The van der Waals surface area contributed by atoms with E-state index in [1.54, 1.807) is 0 Å². The summed E-state index contributed by atoms with van der Waals surface area (Å²) in [6.07, 6.45) is 5.72. The van der Waals surface area contributed by atoms with E-state index in [-0.39, 0.29) is 0 Å². The Morgan fingerprint density at radius 2 is 1.81 bits per heavy atom. The quantitative estimate of drug-likeness (QED) is 0.708. The third-order valence-corrected chi connectivity index (χ3v) is 4.55. The molecule has 2 nitrogen and oxygen atoms in total. The maximum atomic E-state index is 2.64. The van der Waals surface area contributed by atoms with Gasteiger partial charge in [0.05, 0.1) is 0 Å². The van der Waals surface area contributed by atoms with Gasteiger partial charge in [-0.2, -0.15) is 0 Å². The summed E-state index contributed by atoms with van der Waals surface area (Å²) in [4.78, 5) is 5.27. The lowest BCUT2D eigenvalue weighted by atomic mass is 9.98. The number of nitrogens with zero attached hydrogens (tertiary/aromatic N) is 2. The molecule has 0 aromatic heterocycles. The molecule has 2 unspecified atom stereocenters. The molecule has 2 fully saturated rings. The maximum Gasteiger partial charge on any atom is 0.00670 e. The molecule has 2 aliphatic heterocycles. The van der Waals surface area contributed by atoms with Crippen LogP contribution in [-0.2, 0) is 0 Å². The average Bonchev–Trinajstić information content (AvgIpc) is 2.60. The average molecular weight is 224 g/mol. The Kier molecular flexibility index (Phi) is 4.26. The standard InChI is InChI=1S/C14H28N2/c1-12(2)16-10-7-14(11-16)6-5-13(3)15-8-4-9-15/h12-14H,4-11H2,1-3H3. The van der Waals surface area contributed by atoms with Crippen molar-refractivity contribution in [3.63, 3.8) is 0 Å². The van der Waals surface area contributed by atoms with Gasteiger partial charge < -0.3 is 9.80 Å². The van der Waals surface area contributed by atoms with Crippen molar-refractivity contribution in [2.24, 2.45) is 5.92 Å². The number of rotatable bonds is 5. The Balaban J connectivity index is 1.63. The first-order chi connectivity index (χ1) is 7.66. The molecule has 0 spiro atoms. The summed E-state index contributed by atoms with van der Waals surface area (Å²) in [6.45, 7) is 12.4. The first kappa shape index (κ1) is 12.4. The first-order valence-electron chi connectivity index (χ1n) is 7.15. The van der Waals surface area contributed by atoms with E-state index in [0.717, 1.165) is 18.0 Å². The fourth-order valence-corrected chi connectivity index (χ4v) is 3.01. The van der Waals surface area contributed by atoms with Crippen molar-refractivity contribution in [2.75, 3.05) is 26.2 Å². The third kappa shape index (κ3) is 2.98. The topological polar surface area (TPSA) is 6.48 Å². The smallest absolute Gasteiger partial charge is 0.00670 e. The zero-order chi connectivity index (χ0) is 11.5. The minimum absolute atomic E-state index is 0.748. The molecule has 0 saturated carbocycles. The molecule has 0 amide bonds. The Hall–Kier alpha value is -0.0800. The van der Waals surface area contributed by atoms with Crippen LogP contribution in [0.1, 0.15) is 46.5 Å². The summed E-state index contributed by atoms with van der Waals surface area (Å²) in [5.74, 6) is 0.978. The Morgan fingerprint density at radius 3 is 2.31 bits per heavy atom. The van der Waals surface area contributed by atoms with Gasteiger partial charge in [-0.25, -0.2) is 0 Å². The van der Waals surface area contributed by atoms with E-state index in [0.29, 0.717) is 0 Å². The van der Waals surface area contributed by atoms with Crippen LogP contribution < -0.4 is 0 Å². The molecule has 16 heavy (non-hydrogen) atoms. The van der Waals surface area contributed by atoms with Crippen LogP contribution in [0.2, 0.25) is 0 Å². The molecule has 2 aliphatic rings. The highest BCUT2D eigenvalue weighted by Gasteiger charge is 2.26. The van der Waals surface area contributed by atoms with E-state index in [1.807, 2.05) is 0 Å². The molecule has 2 heterocycles. The van der Waals surface area contributed by atoms with Crippen LogP contribution in [0.5, 0.6) is 0 Å². The molecule has 0 N–H and O–H groups in total. The zero-order valence-electron chi connectivity index (χ0n) is 11.3. The molecule has 2 rings (SSSR count). The summed E-state index contributed by atoms with van der Waals surface area (Å²) < 4.78 is 0. The Labute approximate surface area is 101 Å². The van der Waals surface area contributed by atoms with E-state index >= 15 is 0 Å². The fourth-order valence-electron chi connectivity index (χ4n) is 3.01. The predicted molar refractivity (Wildman–Crippen MR) is 69.7 cm³/mol. The molecule has 0 aromatic rings. The van der Waals surface area contributed by atoms with Gasteiger partial charge in [0, 0.05) is 18.6 Å². The van der Waals surface area contributed by atoms with Crippen molar-refractivity contribution < 1.29 is 0 Å². The SMILES string of the molecule is CC(C)N1CCC(CCC(C)N2CCC2)C1. The zero-order valence-corrected chi connectivity index (χ0v) is 11.3. The van der Waals surface area contributed by atoms with Gasteiger partial charge >= 0.3 is 0 Å². The van der Waals surface area contributed by atoms with Crippen LogP contribution in [0, 0.1) is 5.92 Å². The highest BCUT2D eigenvalue weighted by atomic mass is 15.2. The van der Waals surface area contributed by atoms with Crippen molar-refractivity contribution >= 4 is 0 Å². The van der Waals surface area contributed by atoms with Crippen molar-refractivity contribution in [3.05, 3.63) is 0 Å². The molecule has 0 radical (unpaired) electrons. The number of hydrogen-bond acceptors (Lipinski definition) is 2. The second kappa shape index (κ2) is 5.50. The molecular weight excluding hydrogens is 196 g/mol. The first-order valence-corrected chi connectivity index (χ1v) is 7.15. The van der Waals surface area contributed by atoms with E-state index in [4.69, 9.17) is 0 Å². The highest BCUT2D eigenvalue weighted by Crippen LogP contribution is 2.25. The van der Waals surface area contributed by atoms with Crippen LogP contribution in [0.15, 0.2) is 0 Å². The highest BCUT2D eigenvalue weighted by molar-refractivity contribution is 4.81. The van der Waals surface area contributed by atoms with E-state index in [2.05, 4.69) is 30.6 Å². The summed E-state index contributed by atoms with van der Waals surface area (Å²) in [5, 5.41) is 0. The monoisotopic (exact) mass is 224 g/mol. The molecule has 2 heteroatoms. The summed E-state index contributed by atoms with van der Waals surface area (Å²) in [6, 6.07) is 1.58. The van der Waals surface area contributed by atoms with Crippen molar-refractivity contribution in [2.45, 2.75) is 58.5 Å². The van der Waals surface area contributed by atoms with Gasteiger partial charge in [0.2, 0.25) is 0 Å². The van der Waals surface area contributed by atoms with Gasteiger partial charge in [-0.15, -0.1) is 0 Å². The van der Waals surface area contributed by atoms with Crippen molar-refractivity contribution in [1.29, 1.82) is 0 Å². The predicted octanol–water partition coefficient (Wildman–Crippen LogP) is 2.59. The minimum atomic E-state index is 0.748. The van der Waals surface area contributed by atoms with Crippen LogP contribution in [0.4, 0.5) is 0 Å². The van der Waals surface area contributed by atoms with Gasteiger partial charge in [-0.05, 0) is 72.0 Å². The van der Waals surface area contributed by atoms with Crippen molar-refractivity contribution in [1.82, 2.24) is 9.80 Å². The lowest BCUT2D eigenvalue weighted by molar-refractivity contribution is 0.117. The normalized spacial score (nSPS) is 29.6. The number of likely N-dealkylation sites (tertiary alicyclic amines) is 2. The minimum Gasteiger partial charge on any atom is -0.301 e. The van der Waals surface area contributed by atoms with Crippen LogP contribution in [-0.4, -0.2) is 48.1 Å². The lowest BCUT2D eigenvalue weighted by Crippen LogP contribution is -2.43. The molecule has 0 bridgehead atoms. The van der Waals surface area contributed by atoms with E-state index < -0.39 is 0 Å². The molecular formula is C14H28N2. The van der Waals surface area contributed by atoms with Gasteiger partial charge in [0.15, 0.2) is 0 Å². The third-order valence-electron chi connectivity index (χ3n) is 4.55. The Bertz CT molecular complexity index is 211. The summed E-state index contributed by atoms with van der Waals surface area (Å²) in [7, 11) is 0. The molecule has 0 aromatic carbocycles. The Morgan fingerprint density at radius 1 is 1.06 bits per heavy atom. The molecule has 0 aliphatic carbocycles. The van der Waals surface area contributed by atoms with E-state index in [1.165, 1.54) is 51.9 Å². The maximum absolute atomic E-state index is 2.64. The molecule has 2 atom stereocenters. The van der Waals surface area contributed by atoms with Gasteiger partial charge in [-0.1, -0.05) is 0 Å². The summed E-state index contributed by atoms with van der Waals surface area (Å²) >= 11 is 0. The van der Waals surface area contributed by atoms with Crippen LogP contribution >= 0.6 is 0 Å². The number of hydrogen-bond donors (Lipinski definition) is 0. The van der Waals surface area contributed by atoms with Gasteiger partial charge in [0.1, 0.15) is 0 Å². The second-order valence-electron chi connectivity index (χ2n) is 6.06. The van der Waals surface area contributed by atoms with Gasteiger partial charge in [0.25, 0.3) is 0 Å². The summed E-state index contributed by atoms with van der Waals surface area (Å²) in [5.41, 5.74) is 0. The van der Waals surface area contributed by atoms with Gasteiger partial charge in [-0.3, -0.25) is 0 Å². The fraction of sp³-hybridized carbons (Fsp3) is 1.00. The lowest BCUT2D eigenvalue weighted by Gasteiger charge is -2.37. The second-order valence-corrected chi connectivity index (χ2v) is 6.06. The van der Waals surface area contributed by atoms with Crippen molar-refractivity contribution in [3.8, 4) is 0 Å². The van der Waals surface area contributed by atoms with Crippen LogP contribution in [0.3, 0.4) is 0 Å².